The molecule has 1 aromatic carbocycles. The van der Waals surface area contributed by atoms with Crippen molar-refractivity contribution in [2.45, 2.75) is 44.5 Å². The van der Waals surface area contributed by atoms with Crippen LogP contribution in [0.15, 0.2) is 18.2 Å². The molecule has 3 aliphatic heterocycles. The molecule has 2 amide bonds. The van der Waals surface area contributed by atoms with Crippen LogP contribution in [0.3, 0.4) is 0 Å². The van der Waals surface area contributed by atoms with Crippen molar-refractivity contribution in [3.63, 3.8) is 0 Å². The lowest BCUT2D eigenvalue weighted by atomic mass is 9.95. The van der Waals surface area contributed by atoms with Gasteiger partial charge in [0.05, 0.1) is 17.9 Å². The third-order valence-corrected chi connectivity index (χ3v) is 6.97. The number of hydrogen-bond acceptors (Lipinski definition) is 5. The molecule has 6 nitrogen and oxygen atoms in total. The van der Waals surface area contributed by atoms with Crippen molar-refractivity contribution >= 4 is 35.1 Å². The molecule has 146 valence electrons. The molecule has 8 heteroatoms. The molecule has 3 fully saturated rings. The molecule has 3 unspecified atom stereocenters. The van der Waals surface area contributed by atoms with Crippen molar-refractivity contribution in [3.05, 3.63) is 24.0 Å². The van der Waals surface area contributed by atoms with Gasteiger partial charge in [0.2, 0.25) is 5.91 Å². The summed E-state index contributed by atoms with van der Waals surface area (Å²) in [5.41, 5.74) is 1.08. The molecule has 27 heavy (non-hydrogen) atoms. The molecule has 0 saturated carbocycles. The smallest absolute Gasteiger partial charge is 0.416 e. The molecule has 0 radical (unpaired) electrons. The van der Waals surface area contributed by atoms with Gasteiger partial charge in [0.25, 0.3) is 0 Å². The van der Waals surface area contributed by atoms with E-state index in [9.17, 15) is 9.59 Å². The minimum atomic E-state index is -0.656. The van der Waals surface area contributed by atoms with E-state index in [2.05, 4.69) is 4.90 Å². The fourth-order valence-electron chi connectivity index (χ4n) is 4.16. The van der Waals surface area contributed by atoms with Crippen LogP contribution in [0.5, 0.6) is 0 Å². The second-order valence-electron chi connectivity index (χ2n) is 7.40. The molecule has 0 N–H and O–H groups in total. The molecular formula is C19H24FN3O3S. The van der Waals surface area contributed by atoms with Gasteiger partial charge in [-0.05, 0) is 37.5 Å². The zero-order valence-corrected chi connectivity index (χ0v) is 16.4. The quantitative estimate of drug-likeness (QED) is 0.790. The topological polar surface area (TPSA) is 53.1 Å². The summed E-state index contributed by atoms with van der Waals surface area (Å²) in [6.45, 7) is 1.61. The lowest BCUT2D eigenvalue weighted by molar-refractivity contribution is -0.134. The van der Waals surface area contributed by atoms with E-state index < -0.39 is 12.3 Å². The minimum absolute atomic E-state index is 0.189. The van der Waals surface area contributed by atoms with Crippen LogP contribution in [-0.2, 0) is 9.53 Å². The molecule has 0 aliphatic carbocycles. The number of ether oxygens (including phenoxy) is 1. The predicted octanol–water partition coefficient (Wildman–Crippen LogP) is 3.06. The lowest BCUT2D eigenvalue weighted by Gasteiger charge is -2.47. The molecule has 0 aromatic heterocycles. The number of nitrogens with zero attached hydrogens (tertiary/aromatic N) is 3. The molecule has 2 bridgehead atoms. The van der Waals surface area contributed by atoms with Gasteiger partial charge in [-0.3, -0.25) is 9.69 Å². The van der Waals surface area contributed by atoms with E-state index in [4.69, 9.17) is 4.74 Å². The number of carbonyl (C=O) groups is 2. The van der Waals surface area contributed by atoms with Gasteiger partial charge < -0.3 is 14.5 Å². The maximum Gasteiger partial charge on any atom is 0.416 e. The van der Waals surface area contributed by atoms with E-state index in [0.717, 1.165) is 24.3 Å². The first-order chi connectivity index (χ1) is 13.0. The Morgan fingerprint density at radius 2 is 2.00 bits per heavy atom. The summed E-state index contributed by atoms with van der Waals surface area (Å²) in [5.74, 6) is 1.57. The molecule has 3 atom stereocenters. The molecule has 3 aliphatic rings. The van der Waals surface area contributed by atoms with E-state index in [-0.39, 0.29) is 18.3 Å². The number of fused-ring (bicyclic) bond motifs is 2. The van der Waals surface area contributed by atoms with Crippen LogP contribution in [0.1, 0.15) is 26.2 Å². The molecule has 3 saturated heterocycles. The number of piperidine rings is 1. The zero-order chi connectivity index (χ0) is 19.1. The van der Waals surface area contributed by atoms with Crippen LogP contribution >= 0.6 is 11.8 Å². The fraction of sp³-hybridized carbons (Fsp3) is 0.579. The Labute approximate surface area is 162 Å². The molecule has 4 rings (SSSR count). The number of thioether (sulfide) groups is 1. The Morgan fingerprint density at radius 3 is 2.63 bits per heavy atom. The van der Waals surface area contributed by atoms with Crippen molar-refractivity contribution < 1.29 is 18.7 Å². The Kier molecular flexibility index (Phi) is 4.92. The van der Waals surface area contributed by atoms with Crippen molar-refractivity contribution in [1.29, 1.82) is 0 Å². The van der Waals surface area contributed by atoms with Gasteiger partial charge in [-0.1, -0.05) is 0 Å². The van der Waals surface area contributed by atoms with Crippen LogP contribution in [0, 0.1) is 5.82 Å². The van der Waals surface area contributed by atoms with Gasteiger partial charge in [0.15, 0.2) is 6.23 Å². The first kappa shape index (κ1) is 18.4. The monoisotopic (exact) mass is 393 g/mol. The van der Waals surface area contributed by atoms with E-state index in [1.165, 1.54) is 29.2 Å². The molecular weight excluding hydrogens is 369 g/mol. The average Bonchev–Trinajstić information content (AvgIpc) is 3.02. The Hall–Kier alpha value is -1.96. The average molecular weight is 393 g/mol. The highest BCUT2D eigenvalue weighted by molar-refractivity contribution is 7.99. The number of benzene rings is 1. The highest BCUT2D eigenvalue weighted by Gasteiger charge is 2.38. The second-order valence-corrected chi connectivity index (χ2v) is 8.47. The van der Waals surface area contributed by atoms with Crippen LogP contribution in [0.25, 0.3) is 0 Å². The number of carbonyl (C=O) groups excluding carboxylic acids is 2. The maximum atomic E-state index is 15.0. The highest BCUT2D eigenvalue weighted by atomic mass is 32.2. The minimum Gasteiger partial charge on any atom is -0.423 e. The molecule has 0 spiro atoms. The van der Waals surface area contributed by atoms with Crippen LogP contribution in [-0.4, -0.2) is 60.3 Å². The number of halogens is 1. The predicted molar refractivity (Wildman–Crippen MR) is 104 cm³/mol. The van der Waals surface area contributed by atoms with Gasteiger partial charge in [-0.25, -0.2) is 9.18 Å². The maximum absolute atomic E-state index is 15.0. The molecule has 1 aromatic rings. The summed E-state index contributed by atoms with van der Waals surface area (Å²) >= 11 is 1.95. The van der Waals surface area contributed by atoms with Crippen LogP contribution in [0.2, 0.25) is 0 Å². The van der Waals surface area contributed by atoms with Crippen molar-refractivity contribution in [1.82, 2.24) is 4.90 Å². The van der Waals surface area contributed by atoms with Gasteiger partial charge in [0.1, 0.15) is 5.82 Å². The second kappa shape index (κ2) is 7.22. The summed E-state index contributed by atoms with van der Waals surface area (Å²) in [6.07, 6.45) is 2.18. The van der Waals surface area contributed by atoms with Crippen LogP contribution in [0.4, 0.5) is 20.6 Å². The van der Waals surface area contributed by atoms with Crippen molar-refractivity contribution in [3.8, 4) is 0 Å². The summed E-state index contributed by atoms with van der Waals surface area (Å²) in [7, 11) is 1.58. The van der Waals surface area contributed by atoms with Crippen LogP contribution < -0.4 is 9.80 Å². The third-order valence-electron chi connectivity index (χ3n) is 5.73. The number of rotatable bonds is 3. The first-order valence-corrected chi connectivity index (χ1v) is 10.5. The van der Waals surface area contributed by atoms with Gasteiger partial charge in [-0.2, -0.15) is 11.8 Å². The number of anilines is 2. The zero-order valence-electron chi connectivity index (χ0n) is 15.6. The summed E-state index contributed by atoms with van der Waals surface area (Å²) in [6, 6.07) is 5.72. The SMILES string of the molecule is CC(=O)N(C)C1CN(c2ccc(N3C4CCCC3CSC4)c(F)c2)C(=O)O1. The Bertz CT molecular complexity index is 740. The number of amides is 2. The number of hydrogen-bond donors (Lipinski definition) is 0. The summed E-state index contributed by atoms with van der Waals surface area (Å²) in [4.78, 5) is 28.7. The van der Waals surface area contributed by atoms with E-state index in [1.807, 2.05) is 11.8 Å². The normalized spacial score (nSPS) is 27.5. The largest absolute Gasteiger partial charge is 0.423 e. The van der Waals surface area contributed by atoms with Gasteiger partial charge >= 0.3 is 6.09 Å². The van der Waals surface area contributed by atoms with E-state index in [0.29, 0.717) is 23.5 Å². The fourth-order valence-corrected chi connectivity index (χ4v) is 5.50. The summed E-state index contributed by atoms with van der Waals surface area (Å²) in [5, 5.41) is 0. The highest BCUT2D eigenvalue weighted by Crippen LogP contribution is 2.38. The third kappa shape index (κ3) is 3.35. The lowest BCUT2D eigenvalue weighted by Crippen LogP contribution is -2.52. The van der Waals surface area contributed by atoms with E-state index >= 15 is 4.39 Å². The van der Waals surface area contributed by atoms with Gasteiger partial charge in [-0.15, -0.1) is 0 Å². The summed E-state index contributed by atoms with van der Waals surface area (Å²) < 4.78 is 20.3. The van der Waals surface area contributed by atoms with Gasteiger partial charge in [0, 0.05) is 37.6 Å². The van der Waals surface area contributed by atoms with Crippen molar-refractivity contribution in [2.24, 2.45) is 0 Å². The van der Waals surface area contributed by atoms with Crippen molar-refractivity contribution in [2.75, 3.05) is 34.9 Å². The Morgan fingerprint density at radius 1 is 1.30 bits per heavy atom. The van der Waals surface area contributed by atoms with E-state index in [1.54, 1.807) is 19.2 Å². The number of cyclic esters (lactones) is 1. The first-order valence-electron chi connectivity index (χ1n) is 9.33. The Balaban J connectivity index is 1.55. The standard InChI is InChI=1S/C19H24FN3O3S/c1-12(24)21(2)18-9-22(19(25)26-18)13-6-7-17(16(20)8-13)23-14-4-3-5-15(23)11-27-10-14/h6-8,14-15,18H,3-5,9-11H2,1-2H3. The molecule has 3 heterocycles. The number of likely N-dealkylation sites (N-methyl/N-ethyl adjacent to an activating group) is 1.